The van der Waals surface area contributed by atoms with Crippen molar-refractivity contribution >= 4 is 29.1 Å². The van der Waals surface area contributed by atoms with Crippen LogP contribution in [0.15, 0.2) is 66.4 Å². The van der Waals surface area contributed by atoms with Gasteiger partial charge in [0.15, 0.2) is 11.0 Å². The molecule has 2 atom stereocenters. The minimum absolute atomic E-state index is 0.594. The maximum absolute atomic E-state index is 4.60. The first-order valence-corrected chi connectivity index (χ1v) is 16.0. The summed E-state index contributed by atoms with van der Waals surface area (Å²) in [7, 11) is 0. The number of nitrogens with zero attached hydrogens (tertiary/aromatic N) is 4. The van der Waals surface area contributed by atoms with Crippen LogP contribution in [0.2, 0.25) is 0 Å². The summed E-state index contributed by atoms with van der Waals surface area (Å²) < 4.78 is 2.30. The van der Waals surface area contributed by atoms with Crippen LogP contribution in [0, 0.1) is 11.8 Å². The lowest BCUT2D eigenvalue weighted by Crippen LogP contribution is -2.21. The molecule has 0 saturated carbocycles. The van der Waals surface area contributed by atoms with E-state index >= 15 is 0 Å². The van der Waals surface area contributed by atoms with Gasteiger partial charge in [0.1, 0.15) is 0 Å². The van der Waals surface area contributed by atoms with E-state index in [1.807, 2.05) is 0 Å². The number of rotatable bonds is 19. The lowest BCUT2D eigenvalue weighted by atomic mass is 9.84. The van der Waals surface area contributed by atoms with Crippen molar-refractivity contribution in [1.29, 1.82) is 0 Å². The summed E-state index contributed by atoms with van der Waals surface area (Å²) in [6.07, 6.45) is 20.4. The SMILES string of the molecule is C=C(CSc1nnc(/C=C/CC(C/C=C\C)C(/C=C\C)CC)n1CCCCC)c1ccc(N(CC)CC)cc1. The second-order valence-electron chi connectivity index (χ2n) is 10.1. The standard InChI is InChI=1S/C34H52N4S/c1-8-14-16-26-38-33(21-17-20-31(19-15-9-2)29(11-4)18-10-3)35-36-34(38)39-27-28(7)30-22-24-32(25-23-30)37(12-5)13-6/h9-10,15,17-18,21-25,29,31H,7-8,11-14,16,19-20,26-27H2,1-6H3/b15-9-,18-10-,21-17+. The zero-order valence-corrected chi connectivity index (χ0v) is 26.2. The molecule has 5 heteroatoms. The van der Waals surface area contributed by atoms with Gasteiger partial charge in [0, 0.05) is 31.1 Å². The molecule has 0 radical (unpaired) electrons. The summed E-state index contributed by atoms with van der Waals surface area (Å²) >= 11 is 1.74. The number of anilines is 1. The number of unbranched alkanes of at least 4 members (excludes halogenated alkanes) is 2. The van der Waals surface area contributed by atoms with Gasteiger partial charge >= 0.3 is 0 Å². The van der Waals surface area contributed by atoms with Crippen LogP contribution in [0.3, 0.4) is 0 Å². The number of thioether (sulfide) groups is 1. The van der Waals surface area contributed by atoms with Gasteiger partial charge in [-0.25, -0.2) is 0 Å². The van der Waals surface area contributed by atoms with Gasteiger partial charge in [0.25, 0.3) is 0 Å². The predicted molar refractivity (Wildman–Crippen MR) is 174 cm³/mol. The van der Waals surface area contributed by atoms with Crippen molar-refractivity contribution in [3.8, 4) is 0 Å². The number of hydrogen-bond donors (Lipinski definition) is 0. The van der Waals surface area contributed by atoms with Crippen LogP contribution in [0.25, 0.3) is 11.6 Å². The number of allylic oxidation sites excluding steroid dienone is 5. The lowest BCUT2D eigenvalue weighted by Gasteiger charge is -2.21. The van der Waals surface area contributed by atoms with E-state index in [1.54, 1.807) is 11.8 Å². The molecular formula is C34H52N4S. The highest BCUT2D eigenvalue weighted by molar-refractivity contribution is 7.99. The zero-order valence-electron chi connectivity index (χ0n) is 25.4. The van der Waals surface area contributed by atoms with Crippen LogP contribution in [0.1, 0.15) is 91.5 Å². The molecule has 0 amide bonds. The Morgan fingerprint density at radius 3 is 2.31 bits per heavy atom. The summed E-state index contributed by atoms with van der Waals surface area (Å²) in [5.41, 5.74) is 3.57. The van der Waals surface area contributed by atoms with Crippen LogP contribution in [0.5, 0.6) is 0 Å². The average molecular weight is 549 g/mol. The van der Waals surface area contributed by atoms with Crippen LogP contribution in [-0.4, -0.2) is 33.6 Å². The summed E-state index contributed by atoms with van der Waals surface area (Å²) in [6, 6.07) is 8.80. The minimum Gasteiger partial charge on any atom is -0.372 e. The Bertz CT molecular complexity index is 1040. The Morgan fingerprint density at radius 2 is 1.69 bits per heavy atom. The molecule has 0 saturated heterocycles. The first-order chi connectivity index (χ1) is 19.0. The van der Waals surface area contributed by atoms with Gasteiger partial charge in [-0.1, -0.05) is 87.5 Å². The summed E-state index contributed by atoms with van der Waals surface area (Å²) in [6.45, 7) is 20.5. The first-order valence-electron chi connectivity index (χ1n) is 15.0. The highest BCUT2D eigenvalue weighted by Gasteiger charge is 2.16. The van der Waals surface area contributed by atoms with Crippen molar-refractivity contribution < 1.29 is 0 Å². The van der Waals surface area contributed by atoms with Gasteiger partial charge in [-0.15, -0.1) is 10.2 Å². The molecule has 0 spiro atoms. The van der Waals surface area contributed by atoms with E-state index in [2.05, 4.69) is 129 Å². The summed E-state index contributed by atoms with van der Waals surface area (Å²) in [5, 5.41) is 10.2. The molecule has 0 bridgehead atoms. The molecular weight excluding hydrogens is 496 g/mol. The van der Waals surface area contributed by atoms with Gasteiger partial charge < -0.3 is 9.47 Å². The predicted octanol–water partition coefficient (Wildman–Crippen LogP) is 9.71. The van der Waals surface area contributed by atoms with E-state index in [0.717, 1.165) is 67.6 Å². The van der Waals surface area contributed by atoms with E-state index < -0.39 is 0 Å². The third-order valence-electron chi connectivity index (χ3n) is 7.41. The molecule has 1 heterocycles. The van der Waals surface area contributed by atoms with E-state index in [9.17, 15) is 0 Å². The fourth-order valence-corrected chi connectivity index (χ4v) is 5.88. The third kappa shape index (κ3) is 10.5. The molecule has 0 N–H and O–H groups in total. The van der Waals surface area contributed by atoms with E-state index in [-0.39, 0.29) is 0 Å². The molecule has 0 aliphatic rings. The van der Waals surface area contributed by atoms with Gasteiger partial charge in [0.05, 0.1) is 0 Å². The Kier molecular flexibility index (Phi) is 15.7. The maximum Gasteiger partial charge on any atom is 0.191 e. The molecule has 2 rings (SSSR count). The Hall–Kier alpha value is -2.53. The maximum atomic E-state index is 4.60. The van der Waals surface area contributed by atoms with Gasteiger partial charge in [-0.05, 0) is 94.6 Å². The Morgan fingerprint density at radius 1 is 0.974 bits per heavy atom. The number of aromatic nitrogens is 3. The molecule has 0 fully saturated rings. The molecule has 0 aliphatic heterocycles. The van der Waals surface area contributed by atoms with E-state index in [1.165, 1.54) is 24.1 Å². The highest BCUT2D eigenvalue weighted by Crippen LogP contribution is 2.28. The molecule has 39 heavy (non-hydrogen) atoms. The lowest BCUT2D eigenvalue weighted by molar-refractivity contribution is 0.391. The van der Waals surface area contributed by atoms with Crippen LogP contribution >= 0.6 is 11.8 Å². The second-order valence-corrected chi connectivity index (χ2v) is 11.1. The smallest absolute Gasteiger partial charge is 0.191 e. The normalized spacial score (nSPS) is 13.6. The Labute approximate surface area is 243 Å². The van der Waals surface area contributed by atoms with E-state index in [4.69, 9.17) is 0 Å². The minimum atomic E-state index is 0.594. The van der Waals surface area contributed by atoms with Crippen molar-refractivity contribution in [3.05, 3.63) is 72.6 Å². The quantitative estimate of drug-likeness (QED) is 0.0994. The first kappa shape index (κ1) is 32.7. The van der Waals surface area contributed by atoms with Crippen molar-refractivity contribution in [3.63, 3.8) is 0 Å². The van der Waals surface area contributed by atoms with Gasteiger partial charge in [-0.2, -0.15) is 0 Å². The largest absolute Gasteiger partial charge is 0.372 e. The van der Waals surface area contributed by atoms with Crippen LogP contribution in [0.4, 0.5) is 5.69 Å². The van der Waals surface area contributed by atoms with Crippen LogP contribution in [-0.2, 0) is 6.54 Å². The average Bonchev–Trinajstić information content (AvgIpc) is 3.34. The van der Waals surface area contributed by atoms with Gasteiger partial charge in [0.2, 0.25) is 0 Å². The third-order valence-corrected chi connectivity index (χ3v) is 8.46. The second kappa shape index (κ2) is 18.7. The monoisotopic (exact) mass is 548 g/mol. The zero-order chi connectivity index (χ0) is 28.5. The molecule has 1 aromatic carbocycles. The number of hydrogen-bond acceptors (Lipinski definition) is 4. The molecule has 0 aliphatic carbocycles. The van der Waals surface area contributed by atoms with Crippen molar-refractivity contribution in [1.82, 2.24) is 14.8 Å². The summed E-state index contributed by atoms with van der Waals surface area (Å²) in [5.74, 6) is 2.95. The van der Waals surface area contributed by atoms with Crippen LogP contribution < -0.4 is 4.90 Å². The fraction of sp³-hybridized carbons (Fsp3) is 0.529. The van der Waals surface area contributed by atoms with Crippen molar-refractivity contribution in [2.24, 2.45) is 11.8 Å². The van der Waals surface area contributed by atoms with Crippen molar-refractivity contribution in [2.75, 3.05) is 23.7 Å². The fourth-order valence-electron chi connectivity index (χ4n) is 4.97. The van der Waals surface area contributed by atoms with E-state index in [0.29, 0.717) is 11.8 Å². The topological polar surface area (TPSA) is 34.0 Å². The summed E-state index contributed by atoms with van der Waals surface area (Å²) in [4.78, 5) is 2.36. The molecule has 2 unspecified atom stereocenters. The Balaban J connectivity index is 2.13. The van der Waals surface area contributed by atoms with Gasteiger partial charge in [-0.3, -0.25) is 0 Å². The molecule has 4 nitrogen and oxygen atoms in total. The number of benzene rings is 1. The molecule has 2 aromatic rings. The molecule has 1 aromatic heterocycles. The molecule has 214 valence electrons. The van der Waals surface area contributed by atoms with Crippen molar-refractivity contribution in [2.45, 2.75) is 91.8 Å². The highest BCUT2D eigenvalue weighted by atomic mass is 32.2.